The van der Waals surface area contributed by atoms with Crippen molar-refractivity contribution in [3.8, 4) is 6.01 Å². The van der Waals surface area contributed by atoms with E-state index in [0.29, 0.717) is 39.0 Å². The fourth-order valence-electron chi connectivity index (χ4n) is 1.72. The van der Waals surface area contributed by atoms with Crippen molar-refractivity contribution in [2.75, 3.05) is 56.4 Å². The number of hydrogen-bond donors (Lipinski definition) is 2. The second kappa shape index (κ2) is 7.78. The van der Waals surface area contributed by atoms with Gasteiger partial charge in [0.05, 0.1) is 19.8 Å². The highest BCUT2D eigenvalue weighted by atomic mass is 16.5. The molecule has 1 aliphatic rings. The predicted octanol–water partition coefficient (Wildman–Crippen LogP) is -0.591. The molecule has 3 N–H and O–H groups in total. The van der Waals surface area contributed by atoms with Crippen LogP contribution in [0, 0.1) is 0 Å². The predicted molar refractivity (Wildman–Crippen MR) is 72.7 cm³/mol. The first-order valence-electron chi connectivity index (χ1n) is 6.59. The monoisotopic (exact) mass is 284 g/mol. The molecule has 0 radical (unpaired) electrons. The van der Waals surface area contributed by atoms with Gasteiger partial charge in [0.25, 0.3) is 0 Å². The lowest BCUT2D eigenvalue weighted by Gasteiger charge is -2.26. The molecule has 0 bridgehead atoms. The first-order valence-corrected chi connectivity index (χ1v) is 6.59. The van der Waals surface area contributed by atoms with E-state index in [1.807, 2.05) is 11.8 Å². The van der Waals surface area contributed by atoms with Gasteiger partial charge in [0, 0.05) is 19.7 Å². The topological polar surface area (TPSA) is 108 Å². The highest BCUT2D eigenvalue weighted by molar-refractivity contribution is 5.37. The van der Waals surface area contributed by atoms with Crippen molar-refractivity contribution >= 4 is 11.9 Å². The Bertz CT molecular complexity index is 413. The molecule has 1 aromatic rings. The normalized spacial score (nSPS) is 15.2. The number of morpholine rings is 1. The number of nitrogens with zero attached hydrogens (tertiary/aromatic N) is 4. The minimum Gasteiger partial charge on any atom is -0.461 e. The zero-order chi connectivity index (χ0) is 14.2. The fraction of sp³-hybridized carbons (Fsp3) is 0.727. The molecule has 1 aromatic heterocycles. The Kier molecular flexibility index (Phi) is 5.71. The summed E-state index contributed by atoms with van der Waals surface area (Å²) in [6.07, 6.45) is 0. The Balaban J connectivity index is 2.03. The van der Waals surface area contributed by atoms with Crippen LogP contribution in [0.3, 0.4) is 0 Å². The van der Waals surface area contributed by atoms with Crippen molar-refractivity contribution in [3.63, 3.8) is 0 Å². The molecule has 1 saturated heterocycles. The molecule has 2 rings (SSSR count). The minimum atomic E-state index is 0.231. The van der Waals surface area contributed by atoms with E-state index in [9.17, 15) is 0 Å². The summed E-state index contributed by atoms with van der Waals surface area (Å²) in [7, 11) is 0. The maximum atomic E-state index is 5.44. The maximum absolute atomic E-state index is 5.44. The number of hydrogen-bond acceptors (Lipinski definition) is 9. The van der Waals surface area contributed by atoms with Crippen LogP contribution >= 0.6 is 0 Å². The molecule has 0 unspecified atom stereocenters. The van der Waals surface area contributed by atoms with Crippen LogP contribution in [0.4, 0.5) is 11.9 Å². The number of nitrogens with two attached hydrogens (primary N) is 1. The molecule has 0 saturated carbocycles. The number of nitrogen functional groups attached to an aromatic ring is 1. The Morgan fingerprint density at radius 3 is 2.75 bits per heavy atom. The van der Waals surface area contributed by atoms with Gasteiger partial charge in [-0.05, 0) is 6.92 Å². The van der Waals surface area contributed by atoms with Gasteiger partial charge in [-0.3, -0.25) is 5.43 Å². The van der Waals surface area contributed by atoms with Crippen LogP contribution in [-0.4, -0.2) is 61.1 Å². The van der Waals surface area contributed by atoms with E-state index in [1.54, 1.807) is 0 Å². The van der Waals surface area contributed by atoms with E-state index in [1.165, 1.54) is 0 Å². The summed E-state index contributed by atoms with van der Waals surface area (Å²) in [6, 6.07) is 0.231. The number of ether oxygens (including phenoxy) is 3. The average Bonchev–Trinajstić information content (AvgIpc) is 2.52. The Morgan fingerprint density at radius 2 is 2.05 bits per heavy atom. The third kappa shape index (κ3) is 4.15. The van der Waals surface area contributed by atoms with Crippen LogP contribution in [0.1, 0.15) is 6.92 Å². The van der Waals surface area contributed by atoms with Crippen molar-refractivity contribution < 1.29 is 14.2 Å². The van der Waals surface area contributed by atoms with E-state index >= 15 is 0 Å². The molecule has 9 nitrogen and oxygen atoms in total. The van der Waals surface area contributed by atoms with E-state index in [4.69, 9.17) is 20.1 Å². The molecule has 0 aromatic carbocycles. The van der Waals surface area contributed by atoms with Crippen LogP contribution in [0.15, 0.2) is 0 Å². The summed E-state index contributed by atoms with van der Waals surface area (Å²) in [5, 5.41) is 0. The van der Waals surface area contributed by atoms with Gasteiger partial charge >= 0.3 is 6.01 Å². The summed E-state index contributed by atoms with van der Waals surface area (Å²) in [6.45, 7) is 6.20. The molecule has 1 aliphatic heterocycles. The van der Waals surface area contributed by atoms with Gasteiger partial charge in [0.1, 0.15) is 6.61 Å². The van der Waals surface area contributed by atoms with Crippen molar-refractivity contribution in [1.29, 1.82) is 0 Å². The minimum absolute atomic E-state index is 0.231. The standard InChI is InChI=1S/C11H20N6O3/c1-2-18-7-8-20-11-14-9(16-12)13-10(15-11)17-3-5-19-6-4-17/h2-8,12H2,1H3,(H,13,14,15,16). The Hall–Kier alpha value is -1.71. The molecule has 0 spiro atoms. The van der Waals surface area contributed by atoms with Crippen LogP contribution in [0.5, 0.6) is 6.01 Å². The van der Waals surface area contributed by atoms with Crippen LogP contribution in [0.2, 0.25) is 0 Å². The van der Waals surface area contributed by atoms with Gasteiger partial charge in [0.2, 0.25) is 11.9 Å². The van der Waals surface area contributed by atoms with Crippen molar-refractivity contribution in [1.82, 2.24) is 15.0 Å². The molecule has 2 heterocycles. The molecule has 0 atom stereocenters. The first-order chi connectivity index (χ1) is 9.83. The number of hydrazine groups is 1. The third-order valence-electron chi connectivity index (χ3n) is 2.69. The lowest BCUT2D eigenvalue weighted by atomic mass is 10.4. The summed E-state index contributed by atoms with van der Waals surface area (Å²) in [5.41, 5.74) is 2.42. The molecular formula is C11H20N6O3. The zero-order valence-corrected chi connectivity index (χ0v) is 11.5. The van der Waals surface area contributed by atoms with Gasteiger partial charge in [-0.1, -0.05) is 0 Å². The van der Waals surface area contributed by atoms with Gasteiger partial charge in [-0.25, -0.2) is 5.84 Å². The van der Waals surface area contributed by atoms with Gasteiger partial charge in [-0.2, -0.15) is 15.0 Å². The summed E-state index contributed by atoms with van der Waals surface area (Å²) < 4.78 is 15.9. The van der Waals surface area contributed by atoms with Crippen molar-refractivity contribution in [2.45, 2.75) is 6.92 Å². The quantitative estimate of drug-likeness (QED) is 0.386. The molecule has 112 valence electrons. The fourth-order valence-corrected chi connectivity index (χ4v) is 1.72. The van der Waals surface area contributed by atoms with Crippen LogP contribution in [0.25, 0.3) is 0 Å². The summed E-state index contributed by atoms with van der Waals surface area (Å²) >= 11 is 0. The molecular weight excluding hydrogens is 264 g/mol. The highest BCUT2D eigenvalue weighted by Gasteiger charge is 2.16. The largest absolute Gasteiger partial charge is 0.461 e. The number of aromatic nitrogens is 3. The SMILES string of the molecule is CCOCCOc1nc(NN)nc(N2CCOCC2)n1. The lowest BCUT2D eigenvalue weighted by Crippen LogP contribution is -2.37. The van der Waals surface area contributed by atoms with Gasteiger partial charge in [-0.15, -0.1) is 0 Å². The molecule has 9 heteroatoms. The molecule has 20 heavy (non-hydrogen) atoms. The smallest absolute Gasteiger partial charge is 0.323 e. The van der Waals surface area contributed by atoms with Gasteiger partial charge in [0.15, 0.2) is 0 Å². The zero-order valence-electron chi connectivity index (χ0n) is 11.5. The molecule has 1 fully saturated rings. The van der Waals surface area contributed by atoms with E-state index in [-0.39, 0.29) is 12.0 Å². The average molecular weight is 284 g/mol. The third-order valence-corrected chi connectivity index (χ3v) is 2.69. The molecule has 0 aliphatic carbocycles. The van der Waals surface area contributed by atoms with E-state index < -0.39 is 0 Å². The Morgan fingerprint density at radius 1 is 1.25 bits per heavy atom. The van der Waals surface area contributed by atoms with Gasteiger partial charge < -0.3 is 19.1 Å². The summed E-state index contributed by atoms with van der Waals surface area (Å²) in [5.74, 6) is 6.17. The lowest BCUT2D eigenvalue weighted by molar-refractivity contribution is 0.106. The number of nitrogens with one attached hydrogen (secondary N) is 1. The highest BCUT2D eigenvalue weighted by Crippen LogP contribution is 2.15. The summed E-state index contributed by atoms with van der Waals surface area (Å²) in [4.78, 5) is 14.6. The van der Waals surface area contributed by atoms with E-state index in [2.05, 4.69) is 20.4 Å². The van der Waals surface area contributed by atoms with Crippen molar-refractivity contribution in [2.24, 2.45) is 5.84 Å². The second-order valence-corrected chi connectivity index (χ2v) is 4.03. The van der Waals surface area contributed by atoms with E-state index in [0.717, 1.165) is 13.1 Å². The van der Waals surface area contributed by atoms with Crippen molar-refractivity contribution in [3.05, 3.63) is 0 Å². The van der Waals surface area contributed by atoms with Crippen LogP contribution in [-0.2, 0) is 9.47 Å². The number of anilines is 2. The number of rotatable bonds is 7. The molecule has 0 amide bonds. The van der Waals surface area contributed by atoms with Crippen LogP contribution < -0.4 is 20.9 Å². The Labute approximate surface area is 117 Å². The maximum Gasteiger partial charge on any atom is 0.323 e. The second-order valence-electron chi connectivity index (χ2n) is 4.03. The first kappa shape index (κ1) is 14.7.